The van der Waals surface area contributed by atoms with E-state index >= 15 is 0 Å². The SMILES string of the molecule is CN(CCC(=O)ONN)c1ccc(O)cc1. The number of aromatic hydroxyl groups is 1. The molecule has 4 N–H and O–H groups in total. The zero-order chi connectivity index (χ0) is 12.0. The maximum absolute atomic E-state index is 11.0. The molecule has 0 amide bonds. The first-order valence-corrected chi connectivity index (χ1v) is 4.79. The quantitative estimate of drug-likeness (QED) is 0.488. The van der Waals surface area contributed by atoms with E-state index in [2.05, 4.69) is 4.84 Å². The van der Waals surface area contributed by atoms with Crippen molar-refractivity contribution in [2.75, 3.05) is 18.5 Å². The third-order valence-electron chi connectivity index (χ3n) is 2.11. The fourth-order valence-electron chi connectivity index (χ4n) is 1.21. The Morgan fingerprint density at radius 1 is 1.50 bits per heavy atom. The van der Waals surface area contributed by atoms with Crippen molar-refractivity contribution < 1.29 is 14.7 Å². The van der Waals surface area contributed by atoms with Gasteiger partial charge in [0, 0.05) is 19.3 Å². The zero-order valence-electron chi connectivity index (χ0n) is 9.01. The Labute approximate surface area is 93.5 Å². The minimum atomic E-state index is -0.423. The molecule has 1 rings (SSSR count). The molecular formula is C10H15N3O3. The number of carbonyl (C=O) groups is 1. The van der Waals surface area contributed by atoms with Crippen molar-refractivity contribution in [2.45, 2.75) is 6.42 Å². The van der Waals surface area contributed by atoms with E-state index < -0.39 is 5.97 Å². The van der Waals surface area contributed by atoms with Crippen molar-refractivity contribution >= 4 is 11.7 Å². The maximum Gasteiger partial charge on any atom is 0.328 e. The Morgan fingerprint density at radius 2 is 2.12 bits per heavy atom. The number of benzene rings is 1. The summed E-state index contributed by atoms with van der Waals surface area (Å²) in [4.78, 5) is 17.2. The summed E-state index contributed by atoms with van der Waals surface area (Å²) >= 11 is 0. The lowest BCUT2D eigenvalue weighted by Crippen LogP contribution is -2.29. The summed E-state index contributed by atoms with van der Waals surface area (Å²) in [5, 5.41) is 9.11. The van der Waals surface area contributed by atoms with Crippen LogP contribution in [0.15, 0.2) is 24.3 Å². The number of hydrogen-bond donors (Lipinski definition) is 3. The van der Waals surface area contributed by atoms with E-state index in [4.69, 9.17) is 10.9 Å². The number of phenolic OH excluding ortho intramolecular Hbond substituents is 1. The van der Waals surface area contributed by atoms with Crippen LogP contribution in [0.4, 0.5) is 5.69 Å². The van der Waals surface area contributed by atoms with Gasteiger partial charge < -0.3 is 14.8 Å². The van der Waals surface area contributed by atoms with Crippen molar-refractivity contribution in [1.29, 1.82) is 0 Å². The molecule has 0 radical (unpaired) electrons. The van der Waals surface area contributed by atoms with Gasteiger partial charge >= 0.3 is 5.97 Å². The molecule has 0 aromatic heterocycles. The van der Waals surface area contributed by atoms with Gasteiger partial charge in [-0.05, 0) is 24.3 Å². The second kappa shape index (κ2) is 5.94. The van der Waals surface area contributed by atoms with Crippen LogP contribution >= 0.6 is 0 Å². The molecule has 1 aromatic carbocycles. The number of carbonyl (C=O) groups excluding carboxylic acids is 1. The van der Waals surface area contributed by atoms with Crippen molar-refractivity contribution in [1.82, 2.24) is 5.59 Å². The highest BCUT2D eigenvalue weighted by atomic mass is 16.7. The molecule has 0 aliphatic rings. The molecule has 0 aliphatic carbocycles. The Balaban J connectivity index is 2.43. The number of rotatable bonds is 5. The molecule has 0 spiro atoms. The molecule has 0 unspecified atom stereocenters. The Morgan fingerprint density at radius 3 is 2.69 bits per heavy atom. The van der Waals surface area contributed by atoms with E-state index in [1.54, 1.807) is 24.3 Å². The van der Waals surface area contributed by atoms with Crippen molar-refractivity contribution in [3.63, 3.8) is 0 Å². The second-order valence-electron chi connectivity index (χ2n) is 3.28. The molecule has 1 aromatic rings. The van der Waals surface area contributed by atoms with E-state index in [1.807, 2.05) is 17.5 Å². The second-order valence-corrected chi connectivity index (χ2v) is 3.28. The average molecular weight is 225 g/mol. The van der Waals surface area contributed by atoms with Crippen LogP contribution in [0, 0.1) is 0 Å². The highest BCUT2D eigenvalue weighted by molar-refractivity contribution is 5.69. The first-order chi connectivity index (χ1) is 7.63. The predicted molar refractivity (Wildman–Crippen MR) is 59.4 cm³/mol. The molecule has 0 atom stereocenters. The molecule has 0 fully saturated rings. The van der Waals surface area contributed by atoms with Crippen LogP contribution in [0.1, 0.15) is 6.42 Å². The molecule has 16 heavy (non-hydrogen) atoms. The summed E-state index contributed by atoms with van der Waals surface area (Å²) in [6, 6.07) is 6.71. The summed E-state index contributed by atoms with van der Waals surface area (Å²) in [6.45, 7) is 0.505. The maximum atomic E-state index is 11.0. The normalized spacial score (nSPS) is 9.88. The highest BCUT2D eigenvalue weighted by Gasteiger charge is 2.06. The van der Waals surface area contributed by atoms with E-state index in [1.165, 1.54) is 0 Å². The van der Waals surface area contributed by atoms with Crippen LogP contribution in [0.2, 0.25) is 0 Å². The molecule has 0 aliphatic heterocycles. The first kappa shape index (κ1) is 12.3. The summed E-state index contributed by atoms with van der Waals surface area (Å²) in [7, 11) is 1.84. The van der Waals surface area contributed by atoms with E-state index in [9.17, 15) is 4.79 Å². The lowest BCUT2D eigenvalue weighted by atomic mass is 10.2. The minimum Gasteiger partial charge on any atom is -0.508 e. The number of phenols is 1. The largest absolute Gasteiger partial charge is 0.508 e. The molecule has 6 nitrogen and oxygen atoms in total. The van der Waals surface area contributed by atoms with Gasteiger partial charge in [-0.1, -0.05) is 5.59 Å². The number of nitrogens with zero attached hydrogens (tertiary/aromatic N) is 1. The van der Waals surface area contributed by atoms with Crippen LogP contribution in [-0.4, -0.2) is 24.7 Å². The fraction of sp³-hybridized carbons (Fsp3) is 0.300. The molecule has 0 bridgehead atoms. The minimum absolute atomic E-state index is 0.212. The number of anilines is 1. The van der Waals surface area contributed by atoms with Crippen molar-refractivity contribution in [3.8, 4) is 5.75 Å². The lowest BCUT2D eigenvalue weighted by Gasteiger charge is -2.18. The van der Waals surface area contributed by atoms with Crippen LogP contribution in [0.25, 0.3) is 0 Å². The summed E-state index contributed by atoms with van der Waals surface area (Å²) in [5.41, 5.74) is 2.75. The number of hydrazine groups is 1. The molecule has 6 heteroatoms. The number of nitrogens with one attached hydrogen (secondary N) is 1. The monoisotopic (exact) mass is 225 g/mol. The number of nitrogens with two attached hydrogens (primary N) is 1. The summed E-state index contributed by atoms with van der Waals surface area (Å²) in [5.74, 6) is 4.62. The highest BCUT2D eigenvalue weighted by Crippen LogP contribution is 2.17. The fourth-order valence-corrected chi connectivity index (χ4v) is 1.21. The predicted octanol–water partition coefficient (Wildman–Crippen LogP) is 0.140. The van der Waals surface area contributed by atoms with Gasteiger partial charge in [-0.25, -0.2) is 5.84 Å². The van der Waals surface area contributed by atoms with Gasteiger partial charge in [0.25, 0.3) is 0 Å². The topological polar surface area (TPSA) is 87.8 Å². The summed E-state index contributed by atoms with van der Waals surface area (Å²) < 4.78 is 0. The molecular weight excluding hydrogens is 210 g/mol. The number of hydrogen-bond acceptors (Lipinski definition) is 6. The van der Waals surface area contributed by atoms with E-state index in [0.717, 1.165) is 5.69 Å². The van der Waals surface area contributed by atoms with Gasteiger partial charge in [0.2, 0.25) is 0 Å². The third kappa shape index (κ3) is 3.76. The van der Waals surface area contributed by atoms with Gasteiger partial charge in [-0.15, -0.1) is 0 Å². The molecule has 88 valence electrons. The molecule has 0 heterocycles. The van der Waals surface area contributed by atoms with Crippen LogP contribution in [0.3, 0.4) is 0 Å². The van der Waals surface area contributed by atoms with E-state index in [-0.39, 0.29) is 12.2 Å². The zero-order valence-corrected chi connectivity index (χ0v) is 9.01. The van der Waals surface area contributed by atoms with Gasteiger partial charge in [-0.3, -0.25) is 4.79 Å². The standard InChI is InChI=1S/C10H15N3O3/c1-13(7-6-10(15)16-12-11)8-2-4-9(14)5-3-8/h2-5,12,14H,6-7,11H2,1H3. The smallest absolute Gasteiger partial charge is 0.328 e. The van der Waals surface area contributed by atoms with Crippen LogP contribution < -0.4 is 16.3 Å². The first-order valence-electron chi connectivity index (χ1n) is 4.79. The summed E-state index contributed by atoms with van der Waals surface area (Å²) in [6.07, 6.45) is 0.224. The third-order valence-corrected chi connectivity index (χ3v) is 2.11. The Hall–Kier alpha value is -1.79. The van der Waals surface area contributed by atoms with Crippen LogP contribution in [0.5, 0.6) is 5.75 Å². The van der Waals surface area contributed by atoms with Crippen molar-refractivity contribution in [3.05, 3.63) is 24.3 Å². The van der Waals surface area contributed by atoms with Crippen LogP contribution in [-0.2, 0) is 9.63 Å². The van der Waals surface area contributed by atoms with Gasteiger partial charge in [0.15, 0.2) is 0 Å². The molecule has 0 saturated heterocycles. The Kier molecular flexibility index (Phi) is 4.56. The van der Waals surface area contributed by atoms with Gasteiger partial charge in [0.1, 0.15) is 5.75 Å². The van der Waals surface area contributed by atoms with Gasteiger partial charge in [-0.2, -0.15) is 0 Å². The molecule has 0 saturated carbocycles. The Bertz CT molecular complexity index is 340. The lowest BCUT2D eigenvalue weighted by molar-refractivity contribution is -0.150. The van der Waals surface area contributed by atoms with Gasteiger partial charge in [0.05, 0.1) is 6.42 Å². The average Bonchev–Trinajstić information content (AvgIpc) is 2.27. The van der Waals surface area contributed by atoms with Crippen molar-refractivity contribution in [2.24, 2.45) is 5.84 Å². The van der Waals surface area contributed by atoms with E-state index in [0.29, 0.717) is 6.54 Å².